The molecule has 4 rings (SSSR count). The first-order valence-corrected chi connectivity index (χ1v) is 10.1. The zero-order valence-corrected chi connectivity index (χ0v) is 16.6. The van der Waals surface area contributed by atoms with Gasteiger partial charge in [-0.15, -0.1) is 0 Å². The number of aliphatic hydroxyl groups excluding tert-OH is 1. The van der Waals surface area contributed by atoms with Crippen LogP contribution in [-0.4, -0.2) is 88.0 Å². The van der Waals surface area contributed by atoms with Crippen LogP contribution in [0.15, 0.2) is 36.7 Å². The molecule has 27 heavy (non-hydrogen) atoms. The van der Waals surface area contributed by atoms with E-state index >= 15 is 0 Å². The molecule has 2 saturated heterocycles. The van der Waals surface area contributed by atoms with Crippen molar-refractivity contribution in [2.24, 2.45) is 0 Å². The van der Waals surface area contributed by atoms with Gasteiger partial charge >= 0.3 is 0 Å². The van der Waals surface area contributed by atoms with Crippen LogP contribution < -0.4 is 0 Å². The first kappa shape index (κ1) is 18.9. The van der Waals surface area contributed by atoms with Crippen LogP contribution in [0.3, 0.4) is 0 Å². The molecule has 0 aliphatic carbocycles. The Morgan fingerprint density at radius 1 is 1.11 bits per heavy atom. The van der Waals surface area contributed by atoms with E-state index in [1.165, 1.54) is 0 Å². The van der Waals surface area contributed by atoms with E-state index < -0.39 is 0 Å². The van der Waals surface area contributed by atoms with Crippen molar-refractivity contribution in [3.05, 3.63) is 47.2 Å². The normalized spacial score (nSPS) is 25.7. The molecule has 3 heterocycles. The number of likely N-dealkylation sites (N-methyl/N-ethyl adjacent to an activating group) is 1. The summed E-state index contributed by atoms with van der Waals surface area (Å²) >= 11 is 5.96. The summed E-state index contributed by atoms with van der Waals surface area (Å²) in [7, 11) is 2.17. The lowest BCUT2D eigenvalue weighted by Gasteiger charge is -2.44. The van der Waals surface area contributed by atoms with E-state index in [9.17, 15) is 5.11 Å². The minimum atomic E-state index is -0.284. The van der Waals surface area contributed by atoms with Crippen LogP contribution in [0.4, 0.5) is 0 Å². The fourth-order valence-electron chi connectivity index (χ4n) is 4.14. The molecule has 146 valence electrons. The number of hydrogen-bond donors (Lipinski definition) is 1. The third-order valence-electron chi connectivity index (χ3n) is 5.77. The number of likely N-dealkylation sites (tertiary alicyclic amines) is 1. The highest BCUT2D eigenvalue weighted by Gasteiger charge is 2.33. The number of rotatable bonds is 4. The molecule has 1 N–H and O–H groups in total. The average molecular weight is 390 g/mol. The van der Waals surface area contributed by atoms with Crippen LogP contribution in [0.1, 0.15) is 12.0 Å². The standard InChI is InChI=1S/C20H28ClN5O/c1-23-8-10-25(11-9-23)19-6-7-24(15-20(19)27)13-16-12-22-26(14-16)18-4-2-17(21)3-5-18/h2-5,12,14,19-20,27H,6-11,13,15H2,1H3/t19-,20-/m1/s1. The summed E-state index contributed by atoms with van der Waals surface area (Å²) in [5, 5.41) is 15.9. The van der Waals surface area contributed by atoms with Gasteiger partial charge in [0.1, 0.15) is 0 Å². The summed E-state index contributed by atoms with van der Waals surface area (Å²) in [6.45, 7) is 6.87. The molecule has 2 aromatic rings. The Bertz CT molecular complexity index is 741. The zero-order chi connectivity index (χ0) is 18.8. The molecule has 0 unspecified atom stereocenters. The van der Waals surface area contributed by atoms with Crippen molar-refractivity contribution < 1.29 is 5.11 Å². The van der Waals surface area contributed by atoms with Crippen LogP contribution in [-0.2, 0) is 6.54 Å². The highest BCUT2D eigenvalue weighted by molar-refractivity contribution is 6.30. The zero-order valence-electron chi connectivity index (χ0n) is 15.8. The molecular formula is C20H28ClN5O. The quantitative estimate of drug-likeness (QED) is 0.862. The van der Waals surface area contributed by atoms with Crippen LogP contribution in [0.25, 0.3) is 5.69 Å². The Morgan fingerprint density at radius 3 is 2.56 bits per heavy atom. The predicted molar refractivity (Wildman–Crippen MR) is 107 cm³/mol. The van der Waals surface area contributed by atoms with Crippen molar-refractivity contribution in [1.29, 1.82) is 0 Å². The van der Waals surface area contributed by atoms with Gasteiger partial charge in [-0.1, -0.05) is 11.6 Å². The van der Waals surface area contributed by atoms with Crippen LogP contribution in [0.5, 0.6) is 0 Å². The Morgan fingerprint density at radius 2 is 1.85 bits per heavy atom. The minimum Gasteiger partial charge on any atom is -0.390 e. The molecule has 0 saturated carbocycles. The molecule has 2 atom stereocenters. The van der Waals surface area contributed by atoms with E-state index in [0.29, 0.717) is 6.04 Å². The molecule has 0 radical (unpaired) electrons. The van der Waals surface area contributed by atoms with E-state index in [4.69, 9.17) is 11.6 Å². The highest BCUT2D eigenvalue weighted by atomic mass is 35.5. The Balaban J connectivity index is 1.33. The maximum Gasteiger partial charge on any atom is 0.0822 e. The molecular weight excluding hydrogens is 362 g/mol. The second-order valence-electron chi connectivity index (χ2n) is 7.77. The van der Waals surface area contributed by atoms with E-state index in [0.717, 1.165) is 68.5 Å². The van der Waals surface area contributed by atoms with Crippen molar-refractivity contribution in [3.63, 3.8) is 0 Å². The molecule has 7 heteroatoms. The van der Waals surface area contributed by atoms with Gasteiger partial charge in [-0.25, -0.2) is 4.68 Å². The first-order chi connectivity index (χ1) is 13.1. The summed E-state index contributed by atoms with van der Waals surface area (Å²) < 4.78 is 1.87. The van der Waals surface area contributed by atoms with Crippen molar-refractivity contribution >= 4 is 11.6 Å². The van der Waals surface area contributed by atoms with Crippen molar-refractivity contribution in [2.45, 2.75) is 25.1 Å². The molecule has 1 aromatic heterocycles. The molecule has 2 aliphatic rings. The van der Waals surface area contributed by atoms with Gasteiger partial charge in [0.15, 0.2) is 0 Å². The lowest BCUT2D eigenvalue weighted by molar-refractivity contribution is -0.0286. The first-order valence-electron chi connectivity index (χ1n) is 9.71. The van der Waals surface area contributed by atoms with Gasteiger partial charge in [-0.05, 0) is 37.7 Å². The maximum atomic E-state index is 10.7. The molecule has 2 aliphatic heterocycles. The number of aromatic nitrogens is 2. The Labute approximate surface area is 165 Å². The highest BCUT2D eigenvalue weighted by Crippen LogP contribution is 2.21. The number of β-amino-alcohol motifs (C(OH)–C–C–N with tert-alkyl or cyclic N) is 1. The number of hydrogen-bond acceptors (Lipinski definition) is 5. The van der Waals surface area contributed by atoms with E-state index in [1.54, 1.807) is 0 Å². The second kappa shape index (κ2) is 8.29. The van der Waals surface area contributed by atoms with Gasteiger partial charge in [-0.2, -0.15) is 5.10 Å². The topological polar surface area (TPSA) is 47.8 Å². The van der Waals surface area contributed by atoms with Crippen molar-refractivity contribution in [3.8, 4) is 5.69 Å². The fourth-order valence-corrected chi connectivity index (χ4v) is 4.27. The Hall–Kier alpha value is -1.44. The van der Waals surface area contributed by atoms with Gasteiger partial charge in [0.25, 0.3) is 0 Å². The monoisotopic (exact) mass is 389 g/mol. The number of halogens is 1. The SMILES string of the molecule is CN1CCN([C@@H]2CCN(Cc3cnn(-c4ccc(Cl)cc4)c3)C[C@H]2O)CC1. The summed E-state index contributed by atoms with van der Waals surface area (Å²) in [6, 6.07) is 7.97. The third-order valence-corrected chi connectivity index (χ3v) is 6.02. The lowest BCUT2D eigenvalue weighted by atomic mass is 9.99. The molecule has 0 amide bonds. The largest absolute Gasteiger partial charge is 0.390 e. The van der Waals surface area contributed by atoms with Gasteiger partial charge in [0.05, 0.1) is 18.0 Å². The number of aliphatic hydroxyl groups is 1. The van der Waals surface area contributed by atoms with Gasteiger partial charge in [0.2, 0.25) is 0 Å². The molecule has 0 spiro atoms. The molecule has 6 nitrogen and oxygen atoms in total. The molecule has 0 bridgehead atoms. The van der Waals surface area contributed by atoms with E-state index in [2.05, 4.69) is 33.0 Å². The third kappa shape index (κ3) is 4.52. The summed E-state index contributed by atoms with van der Waals surface area (Å²) in [6.07, 6.45) is 4.71. The second-order valence-corrected chi connectivity index (χ2v) is 8.20. The smallest absolute Gasteiger partial charge is 0.0822 e. The number of benzene rings is 1. The lowest BCUT2D eigenvalue weighted by Crippen LogP contribution is -2.58. The van der Waals surface area contributed by atoms with Crippen molar-refractivity contribution in [1.82, 2.24) is 24.5 Å². The van der Waals surface area contributed by atoms with Gasteiger partial charge in [0, 0.05) is 68.6 Å². The summed E-state index contributed by atoms with van der Waals surface area (Å²) in [5.74, 6) is 0. The minimum absolute atomic E-state index is 0.284. The van der Waals surface area contributed by atoms with Crippen LogP contribution >= 0.6 is 11.6 Å². The number of piperidine rings is 1. The van der Waals surface area contributed by atoms with Crippen LogP contribution in [0, 0.1) is 0 Å². The molecule has 1 aromatic carbocycles. The van der Waals surface area contributed by atoms with E-state index in [-0.39, 0.29) is 6.10 Å². The van der Waals surface area contributed by atoms with Crippen molar-refractivity contribution in [2.75, 3.05) is 46.3 Å². The number of piperazine rings is 1. The molecule has 2 fully saturated rings. The Kier molecular flexibility index (Phi) is 5.80. The predicted octanol–water partition coefficient (Wildman–Crippen LogP) is 1.71. The summed E-state index contributed by atoms with van der Waals surface area (Å²) in [4.78, 5) is 7.16. The number of nitrogens with zero attached hydrogens (tertiary/aromatic N) is 5. The fraction of sp³-hybridized carbons (Fsp3) is 0.550. The average Bonchev–Trinajstić information content (AvgIpc) is 3.12. The maximum absolute atomic E-state index is 10.7. The van der Waals surface area contributed by atoms with E-state index in [1.807, 2.05) is 35.1 Å². The summed E-state index contributed by atoms with van der Waals surface area (Å²) in [5.41, 5.74) is 2.16. The van der Waals surface area contributed by atoms with Gasteiger partial charge in [-0.3, -0.25) is 9.80 Å². The van der Waals surface area contributed by atoms with Crippen LogP contribution in [0.2, 0.25) is 5.02 Å². The van der Waals surface area contributed by atoms with Gasteiger partial charge < -0.3 is 10.0 Å².